The Morgan fingerprint density at radius 1 is 1.86 bits per heavy atom. The largest absolute Gasteiger partial charge is 0.396 e. The van der Waals surface area contributed by atoms with E-state index in [4.69, 9.17) is 5.11 Å². The molecule has 2 heteroatoms. The molecule has 0 fully saturated rings. The third kappa shape index (κ3) is 3.46. The predicted octanol–water partition coefficient (Wildman–Crippen LogP) is 0.315. The Morgan fingerprint density at radius 3 is 2.57 bits per heavy atom. The maximum Gasteiger partial charge on any atom is 0.0474 e. The highest BCUT2D eigenvalue weighted by molar-refractivity contribution is 5.23. The average molecular weight is 101 g/mol. The van der Waals surface area contributed by atoms with Gasteiger partial charge < -0.3 is 10.1 Å². The molecule has 0 aromatic rings. The Bertz CT molecular complexity index is 54.0. The van der Waals surface area contributed by atoms with Crippen molar-refractivity contribution in [3.8, 4) is 0 Å². The van der Waals surface area contributed by atoms with Crippen LogP contribution < -0.4 is 0 Å². The monoisotopic (exact) mass is 101 g/mol. The van der Waals surface area contributed by atoms with E-state index in [1.54, 1.807) is 0 Å². The Balaban J connectivity index is 2.98. The molecule has 0 spiro atoms. The number of nitrogens with zero attached hydrogens (tertiary/aromatic N) is 1. The van der Waals surface area contributed by atoms with Gasteiger partial charge in [0.25, 0.3) is 0 Å². The Morgan fingerprint density at radius 2 is 2.43 bits per heavy atom. The molecule has 1 atom stereocenters. The van der Waals surface area contributed by atoms with Gasteiger partial charge in [0, 0.05) is 13.2 Å². The van der Waals surface area contributed by atoms with Crippen LogP contribution in [0.25, 0.3) is 0 Å². The first-order chi connectivity index (χ1) is 3.31. The second-order valence-electron chi connectivity index (χ2n) is 1.69. The van der Waals surface area contributed by atoms with Crippen molar-refractivity contribution >= 4 is 6.72 Å². The molecule has 0 aromatic carbocycles. The average Bonchev–Trinajstić information content (AvgIpc) is 1.68. The standard InChI is InChI=1S/C5H11NO/c1-5(4-7)3-6-2/h5,7H,2-4H2,1H3. The molecule has 0 saturated heterocycles. The lowest BCUT2D eigenvalue weighted by atomic mass is 10.2. The minimum atomic E-state index is 0.207. The number of aliphatic imine (C=N–C) groups is 1. The lowest BCUT2D eigenvalue weighted by molar-refractivity contribution is 0.242. The van der Waals surface area contributed by atoms with Gasteiger partial charge in [0.05, 0.1) is 0 Å². The fraction of sp³-hybridized carbons (Fsp3) is 0.800. The lowest BCUT2D eigenvalue weighted by Crippen LogP contribution is -2.03. The second-order valence-corrected chi connectivity index (χ2v) is 1.69. The van der Waals surface area contributed by atoms with E-state index in [1.165, 1.54) is 0 Å². The maximum atomic E-state index is 8.38. The molecule has 7 heavy (non-hydrogen) atoms. The van der Waals surface area contributed by atoms with Gasteiger partial charge in [-0.05, 0) is 12.6 Å². The molecule has 0 heterocycles. The van der Waals surface area contributed by atoms with E-state index in [9.17, 15) is 0 Å². The van der Waals surface area contributed by atoms with Gasteiger partial charge in [-0.25, -0.2) is 0 Å². The lowest BCUT2D eigenvalue weighted by Gasteiger charge is -1.98. The van der Waals surface area contributed by atoms with E-state index in [0.29, 0.717) is 6.54 Å². The van der Waals surface area contributed by atoms with E-state index in [-0.39, 0.29) is 12.5 Å². The summed E-state index contributed by atoms with van der Waals surface area (Å²) in [5, 5.41) is 8.38. The molecular weight excluding hydrogens is 90.1 g/mol. The van der Waals surface area contributed by atoms with Gasteiger partial charge in [-0.1, -0.05) is 6.92 Å². The minimum absolute atomic E-state index is 0.207. The zero-order valence-corrected chi connectivity index (χ0v) is 4.59. The number of hydrogen-bond donors (Lipinski definition) is 1. The van der Waals surface area contributed by atoms with Crippen molar-refractivity contribution in [2.45, 2.75) is 6.92 Å². The van der Waals surface area contributed by atoms with Crippen molar-refractivity contribution in [1.29, 1.82) is 0 Å². The zero-order chi connectivity index (χ0) is 5.70. The first-order valence-electron chi connectivity index (χ1n) is 2.34. The summed E-state index contributed by atoms with van der Waals surface area (Å²) in [6.07, 6.45) is 0. The third-order valence-corrected chi connectivity index (χ3v) is 0.752. The van der Waals surface area contributed by atoms with E-state index in [0.717, 1.165) is 0 Å². The second kappa shape index (κ2) is 3.81. The van der Waals surface area contributed by atoms with Crippen LogP contribution in [-0.2, 0) is 0 Å². The van der Waals surface area contributed by atoms with Gasteiger partial charge in [-0.15, -0.1) is 0 Å². The maximum absolute atomic E-state index is 8.38. The number of rotatable bonds is 3. The normalized spacial score (nSPS) is 13.4. The Labute approximate surface area is 43.9 Å². The van der Waals surface area contributed by atoms with Crippen LogP contribution in [0.15, 0.2) is 4.99 Å². The van der Waals surface area contributed by atoms with Crippen molar-refractivity contribution in [3.63, 3.8) is 0 Å². The zero-order valence-electron chi connectivity index (χ0n) is 4.59. The van der Waals surface area contributed by atoms with Crippen LogP contribution >= 0.6 is 0 Å². The molecule has 0 rings (SSSR count). The van der Waals surface area contributed by atoms with Crippen molar-refractivity contribution in [2.75, 3.05) is 13.2 Å². The van der Waals surface area contributed by atoms with Crippen LogP contribution in [0.2, 0.25) is 0 Å². The van der Waals surface area contributed by atoms with Gasteiger partial charge in [-0.3, -0.25) is 0 Å². The molecule has 0 radical (unpaired) electrons. The van der Waals surface area contributed by atoms with Crippen LogP contribution in [0.1, 0.15) is 6.92 Å². The SMILES string of the molecule is C=NCC(C)CO. The molecule has 1 N–H and O–H groups in total. The van der Waals surface area contributed by atoms with Gasteiger partial charge in [0.15, 0.2) is 0 Å². The summed E-state index contributed by atoms with van der Waals surface area (Å²) in [6, 6.07) is 0. The number of aliphatic hydroxyl groups is 1. The van der Waals surface area contributed by atoms with Crippen molar-refractivity contribution < 1.29 is 5.11 Å². The first kappa shape index (κ1) is 6.63. The molecular formula is C5H11NO. The topological polar surface area (TPSA) is 32.6 Å². The molecule has 42 valence electrons. The molecule has 1 unspecified atom stereocenters. The number of aliphatic hydroxyl groups excluding tert-OH is 1. The molecule has 0 aliphatic carbocycles. The van der Waals surface area contributed by atoms with Crippen LogP contribution in [0.5, 0.6) is 0 Å². The van der Waals surface area contributed by atoms with Crippen molar-refractivity contribution in [1.82, 2.24) is 0 Å². The summed E-state index contributed by atoms with van der Waals surface area (Å²) in [4.78, 5) is 3.60. The minimum Gasteiger partial charge on any atom is -0.396 e. The predicted molar refractivity (Wildman–Crippen MR) is 30.7 cm³/mol. The Kier molecular flexibility index (Phi) is 3.61. The van der Waals surface area contributed by atoms with Gasteiger partial charge in [0.1, 0.15) is 0 Å². The van der Waals surface area contributed by atoms with Crippen LogP contribution in [0.3, 0.4) is 0 Å². The quantitative estimate of drug-likeness (QED) is 0.510. The fourth-order valence-electron chi connectivity index (χ4n) is 0.278. The molecule has 0 aliphatic heterocycles. The Hall–Kier alpha value is -0.370. The molecule has 2 nitrogen and oxygen atoms in total. The summed E-state index contributed by atoms with van der Waals surface area (Å²) in [6.45, 7) is 6.08. The smallest absolute Gasteiger partial charge is 0.0474 e. The summed E-state index contributed by atoms with van der Waals surface area (Å²) in [7, 11) is 0. The fourth-order valence-corrected chi connectivity index (χ4v) is 0.278. The van der Waals surface area contributed by atoms with Crippen LogP contribution in [-0.4, -0.2) is 25.0 Å². The highest BCUT2D eigenvalue weighted by atomic mass is 16.3. The van der Waals surface area contributed by atoms with Gasteiger partial charge >= 0.3 is 0 Å². The molecule has 0 aromatic heterocycles. The number of hydrogen-bond acceptors (Lipinski definition) is 2. The summed E-state index contributed by atoms with van der Waals surface area (Å²) in [5.41, 5.74) is 0. The van der Waals surface area contributed by atoms with Crippen molar-refractivity contribution in [2.24, 2.45) is 10.9 Å². The van der Waals surface area contributed by atoms with Crippen LogP contribution in [0.4, 0.5) is 0 Å². The van der Waals surface area contributed by atoms with Gasteiger partial charge in [-0.2, -0.15) is 0 Å². The molecule has 0 aliphatic rings. The van der Waals surface area contributed by atoms with Gasteiger partial charge in [0.2, 0.25) is 0 Å². The van der Waals surface area contributed by atoms with E-state index < -0.39 is 0 Å². The van der Waals surface area contributed by atoms with E-state index >= 15 is 0 Å². The third-order valence-electron chi connectivity index (χ3n) is 0.752. The molecule has 0 bridgehead atoms. The summed E-state index contributed by atoms with van der Waals surface area (Å²) in [5.74, 6) is 0.275. The van der Waals surface area contributed by atoms with E-state index in [1.807, 2.05) is 6.92 Å². The van der Waals surface area contributed by atoms with Crippen molar-refractivity contribution in [3.05, 3.63) is 0 Å². The van der Waals surface area contributed by atoms with Crippen LogP contribution in [0, 0.1) is 5.92 Å². The summed E-state index contributed by atoms with van der Waals surface area (Å²) >= 11 is 0. The summed E-state index contributed by atoms with van der Waals surface area (Å²) < 4.78 is 0. The highest BCUT2D eigenvalue weighted by Gasteiger charge is 1.93. The molecule has 0 amide bonds. The molecule has 0 saturated carbocycles. The highest BCUT2D eigenvalue weighted by Crippen LogP contribution is 1.89. The van der Waals surface area contributed by atoms with E-state index in [2.05, 4.69) is 11.7 Å². The first-order valence-corrected chi connectivity index (χ1v) is 2.34.